The molecule has 3 rings (SSSR count). The molecule has 1 aromatic heterocycles. The first-order valence-corrected chi connectivity index (χ1v) is 10.5. The number of amides is 2. The fourth-order valence-electron chi connectivity index (χ4n) is 2.98. The SMILES string of the molecule is Cc1cccc(NC(=O)CSCC(=O)Nc2c(C)nn(-c3ccccc3)c2C)c1. The van der Waals surface area contributed by atoms with E-state index in [4.69, 9.17) is 0 Å². The van der Waals surface area contributed by atoms with Gasteiger partial charge in [0.1, 0.15) is 0 Å². The first-order chi connectivity index (χ1) is 13.9. The average Bonchev–Trinajstić information content (AvgIpc) is 2.97. The highest BCUT2D eigenvalue weighted by Gasteiger charge is 2.15. The molecule has 0 unspecified atom stereocenters. The van der Waals surface area contributed by atoms with Crippen LogP contribution in [-0.2, 0) is 9.59 Å². The molecule has 2 amide bonds. The Labute approximate surface area is 174 Å². The summed E-state index contributed by atoms with van der Waals surface area (Å²) in [7, 11) is 0. The van der Waals surface area contributed by atoms with Gasteiger partial charge in [-0.1, -0.05) is 30.3 Å². The Kier molecular flexibility index (Phi) is 6.72. The van der Waals surface area contributed by atoms with Gasteiger partial charge in [-0.05, 0) is 50.6 Å². The van der Waals surface area contributed by atoms with E-state index >= 15 is 0 Å². The van der Waals surface area contributed by atoms with Gasteiger partial charge in [-0.15, -0.1) is 11.8 Å². The van der Waals surface area contributed by atoms with Crippen molar-refractivity contribution in [2.75, 3.05) is 22.1 Å². The summed E-state index contributed by atoms with van der Waals surface area (Å²) in [5.41, 5.74) is 5.11. The molecule has 29 heavy (non-hydrogen) atoms. The molecule has 0 atom stereocenters. The van der Waals surface area contributed by atoms with Crippen LogP contribution < -0.4 is 10.6 Å². The maximum Gasteiger partial charge on any atom is 0.234 e. The number of aryl methyl sites for hydroxylation is 2. The quantitative estimate of drug-likeness (QED) is 0.617. The fraction of sp³-hybridized carbons (Fsp3) is 0.227. The Morgan fingerprint density at radius 2 is 1.62 bits per heavy atom. The number of hydrogen-bond donors (Lipinski definition) is 2. The van der Waals surface area contributed by atoms with Crippen LogP contribution in [0.3, 0.4) is 0 Å². The number of carbonyl (C=O) groups excluding carboxylic acids is 2. The third kappa shape index (κ3) is 5.48. The molecule has 2 aromatic carbocycles. The van der Waals surface area contributed by atoms with E-state index in [9.17, 15) is 9.59 Å². The molecule has 6 nitrogen and oxygen atoms in total. The van der Waals surface area contributed by atoms with Gasteiger partial charge in [0.05, 0.1) is 34.3 Å². The molecule has 0 bridgehead atoms. The van der Waals surface area contributed by atoms with Gasteiger partial charge in [0, 0.05) is 5.69 Å². The van der Waals surface area contributed by atoms with Crippen molar-refractivity contribution in [3.05, 3.63) is 71.5 Å². The second-order valence-electron chi connectivity index (χ2n) is 6.75. The van der Waals surface area contributed by atoms with Crippen LogP contribution in [0.2, 0.25) is 0 Å². The zero-order valence-electron chi connectivity index (χ0n) is 16.7. The minimum absolute atomic E-state index is 0.127. The van der Waals surface area contributed by atoms with Crippen molar-refractivity contribution < 1.29 is 9.59 Å². The molecule has 0 radical (unpaired) electrons. The first kappa shape index (κ1) is 20.7. The summed E-state index contributed by atoms with van der Waals surface area (Å²) < 4.78 is 1.81. The number of para-hydroxylation sites is 1. The van der Waals surface area contributed by atoms with Crippen LogP contribution in [0.15, 0.2) is 54.6 Å². The van der Waals surface area contributed by atoms with Crippen LogP contribution in [0.4, 0.5) is 11.4 Å². The molecule has 0 aliphatic rings. The number of nitrogens with one attached hydrogen (secondary N) is 2. The number of carbonyl (C=O) groups is 2. The number of anilines is 2. The summed E-state index contributed by atoms with van der Waals surface area (Å²) in [5, 5.41) is 10.3. The number of aromatic nitrogens is 2. The summed E-state index contributed by atoms with van der Waals surface area (Å²) in [5.74, 6) is 0.119. The second-order valence-corrected chi connectivity index (χ2v) is 7.74. The highest BCUT2D eigenvalue weighted by Crippen LogP contribution is 2.23. The van der Waals surface area contributed by atoms with E-state index < -0.39 is 0 Å². The van der Waals surface area contributed by atoms with E-state index in [1.165, 1.54) is 11.8 Å². The van der Waals surface area contributed by atoms with E-state index in [0.29, 0.717) is 5.69 Å². The maximum atomic E-state index is 12.3. The molecule has 2 N–H and O–H groups in total. The van der Waals surface area contributed by atoms with Gasteiger partial charge in [0.15, 0.2) is 0 Å². The second kappa shape index (κ2) is 9.43. The van der Waals surface area contributed by atoms with Gasteiger partial charge < -0.3 is 10.6 Å². The van der Waals surface area contributed by atoms with Crippen molar-refractivity contribution in [3.8, 4) is 5.69 Å². The van der Waals surface area contributed by atoms with Crippen molar-refractivity contribution in [1.29, 1.82) is 0 Å². The summed E-state index contributed by atoms with van der Waals surface area (Å²) in [4.78, 5) is 24.4. The van der Waals surface area contributed by atoms with Crippen molar-refractivity contribution in [2.24, 2.45) is 0 Å². The lowest BCUT2D eigenvalue weighted by Crippen LogP contribution is -2.19. The Morgan fingerprint density at radius 3 is 2.31 bits per heavy atom. The van der Waals surface area contributed by atoms with Crippen LogP contribution in [0.1, 0.15) is 17.0 Å². The van der Waals surface area contributed by atoms with Gasteiger partial charge in [0.25, 0.3) is 0 Å². The molecule has 150 valence electrons. The average molecular weight is 409 g/mol. The zero-order chi connectivity index (χ0) is 20.8. The molecular formula is C22H24N4O2S. The molecular weight excluding hydrogens is 384 g/mol. The van der Waals surface area contributed by atoms with Crippen molar-refractivity contribution in [1.82, 2.24) is 9.78 Å². The van der Waals surface area contributed by atoms with Gasteiger partial charge in [-0.25, -0.2) is 4.68 Å². The number of hydrogen-bond acceptors (Lipinski definition) is 4. The van der Waals surface area contributed by atoms with Gasteiger partial charge in [-0.2, -0.15) is 5.10 Å². The third-order valence-electron chi connectivity index (χ3n) is 4.32. The number of rotatable bonds is 7. The monoisotopic (exact) mass is 408 g/mol. The Morgan fingerprint density at radius 1 is 0.931 bits per heavy atom. The summed E-state index contributed by atoms with van der Waals surface area (Å²) in [6.45, 7) is 5.76. The molecule has 3 aromatic rings. The predicted molar refractivity (Wildman–Crippen MR) is 119 cm³/mol. The molecule has 0 aliphatic heterocycles. The molecule has 0 spiro atoms. The van der Waals surface area contributed by atoms with Crippen molar-refractivity contribution >= 4 is 35.0 Å². The lowest BCUT2D eigenvalue weighted by molar-refractivity contribution is -0.114. The molecule has 0 fully saturated rings. The third-order valence-corrected chi connectivity index (χ3v) is 5.26. The van der Waals surface area contributed by atoms with Crippen molar-refractivity contribution in [2.45, 2.75) is 20.8 Å². The van der Waals surface area contributed by atoms with Gasteiger partial charge >= 0.3 is 0 Å². The molecule has 0 aliphatic carbocycles. The summed E-state index contributed by atoms with van der Waals surface area (Å²) >= 11 is 1.28. The van der Waals surface area contributed by atoms with Gasteiger partial charge in [0.2, 0.25) is 11.8 Å². The number of benzene rings is 2. The van der Waals surface area contributed by atoms with E-state index in [1.807, 2.05) is 80.1 Å². The minimum atomic E-state index is -0.155. The number of thioether (sulfide) groups is 1. The predicted octanol–water partition coefficient (Wildman–Crippen LogP) is 4.11. The highest BCUT2D eigenvalue weighted by molar-refractivity contribution is 8.00. The van der Waals surface area contributed by atoms with Crippen LogP contribution in [0.5, 0.6) is 0 Å². The topological polar surface area (TPSA) is 76.0 Å². The zero-order valence-corrected chi connectivity index (χ0v) is 17.5. The first-order valence-electron chi connectivity index (χ1n) is 9.30. The van der Waals surface area contributed by atoms with E-state index in [2.05, 4.69) is 15.7 Å². The fourth-order valence-corrected chi connectivity index (χ4v) is 3.59. The molecule has 0 saturated carbocycles. The molecule has 0 saturated heterocycles. The van der Waals surface area contributed by atoms with E-state index in [0.717, 1.165) is 28.3 Å². The highest BCUT2D eigenvalue weighted by atomic mass is 32.2. The van der Waals surface area contributed by atoms with Crippen LogP contribution in [0.25, 0.3) is 5.69 Å². The minimum Gasteiger partial charge on any atom is -0.325 e. The van der Waals surface area contributed by atoms with Crippen molar-refractivity contribution in [3.63, 3.8) is 0 Å². The largest absolute Gasteiger partial charge is 0.325 e. The molecule has 7 heteroatoms. The number of nitrogens with zero attached hydrogens (tertiary/aromatic N) is 2. The van der Waals surface area contributed by atoms with Gasteiger partial charge in [-0.3, -0.25) is 9.59 Å². The Hall–Kier alpha value is -3.06. The van der Waals surface area contributed by atoms with E-state index in [1.54, 1.807) is 0 Å². The summed E-state index contributed by atoms with van der Waals surface area (Å²) in [6.07, 6.45) is 0. The standard InChI is InChI=1S/C22H24N4O2S/c1-15-8-7-9-18(12-15)23-20(27)13-29-14-21(28)24-22-16(2)25-26(17(22)3)19-10-5-4-6-11-19/h4-12H,13-14H2,1-3H3,(H,23,27)(H,24,28). The lowest BCUT2D eigenvalue weighted by Gasteiger charge is -2.08. The normalized spacial score (nSPS) is 10.6. The van der Waals surface area contributed by atoms with Crippen LogP contribution in [-0.4, -0.2) is 33.1 Å². The molecule has 1 heterocycles. The lowest BCUT2D eigenvalue weighted by atomic mass is 10.2. The van der Waals surface area contributed by atoms with E-state index in [-0.39, 0.29) is 23.3 Å². The Bertz CT molecular complexity index is 1010. The maximum absolute atomic E-state index is 12.3. The van der Waals surface area contributed by atoms with Crippen LogP contribution >= 0.6 is 11.8 Å². The summed E-state index contributed by atoms with van der Waals surface area (Å²) in [6, 6.07) is 17.4. The smallest absolute Gasteiger partial charge is 0.234 e. The Balaban J connectivity index is 1.52. The van der Waals surface area contributed by atoms with Crippen LogP contribution in [0, 0.1) is 20.8 Å².